The van der Waals surface area contributed by atoms with Gasteiger partial charge in [-0.05, 0) is 30.7 Å². The van der Waals surface area contributed by atoms with E-state index in [-0.39, 0.29) is 0 Å². The van der Waals surface area contributed by atoms with Crippen LogP contribution in [0.3, 0.4) is 0 Å². The Bertz CT molecular complexity index is 555. The average molecular weight is 276 g/mol. The van der Waals surface area contributed by atoms with Crippen LogP contribution in [0.2, 0.25) is 0 Å². The zero-order chi connectivity index (χ0) is 14.0. The number of rotatable bonds is 5. The Morgan fingerprint density at radius 1 is 1.21 bits per heavy atom. The van der Waals surface area contributed by atoms with Crippen molar-refractivity contribution >= 4 is 22.7 Å². The summed E-state index contributed by atoms with van der Waals surface area (Å²) in [7, 11) is 0. The fourth-order valence-corrected chi connectivity index (χ4v) is 3.26. The first-order chi connectivity index (χ1) is 9.04. The highest BCUT2D eigenvalue weighted by atomic mass is 32.2. The summed E-state index contributed by atoms with van der Waals surface area (Å²) in [6, 6.07) is 9.23. The Balaban J connectivity index is 2.54. The smallest absolute Gasteiger partial charge is 0.0530 e. The lowest BCUT2D eigenvalue weighted by Gasteiger charge is -2.17. The summed E-state index contributed by atoms with van der Waals surface area (Å²) in [5, 5.41) is 1.98. The van der Waals surface area contributed by atoms with E-state index in [2.05, 4.69) is 56.5 Å². The second kappa shape index (κ2) is 6.02. The third kappa shape index (κ3) is 2.98. The van der Waals surface area contributed by atoms with E-state index in [1.165, 1.54) is 22.2 Å². The Labute approximate surface area is 120 Å². The van der Waals surface area contributed by atoms with Gasteiger partial charge in [-0.3, -0.25) is 0 Å². The fourth-order valence-electron chi connectivity index (χ4n) is 2.53. The zero-order valence-electron chi connectivity index (χ0n) is 12.3. The molecular weight excluding hydrogens is 252 g/mol. The Morgan fingerprint density at radius 3 is 2.53 bits per heavy atom. The standard InChI is InChI=1S/C16H24N2S/c1-11(2)18-15(10-19-12(3)4)8-13-6-5-7-14(9-17)16(13)18/h5-8,11-12H,9-10,17H2,1-4H3. The number of nitrogens with two attached hydrogens (primary N) is 1. The molecule has 0 aliphatic rings. The molecule has 2 nitrogen and oxygen atoms in total. The number of benzene rings is 1. The predicted octanol–water partition coefficient (Wildman–Crippen LogP) is 4.32. The van der Waals surface area contributed by atoms with Crippen LogP contribution in [-0.4, -0.2) is 9.82 Å². The van der Waals surface area contributed by atoms with Gasteiger partial charge in [0.25, 0.3) is 0 Å². The van der Waals surface area contributed by atoms with Crippen LogP contribution < -0.4 is 5.73 Å². The molecule has 0 aliphatic carbocycles. The van der Waals surface area contributed by atoms with Crippen molar-refractivity contribution in [1.82, 2.24) is 4.57 Å². The fraction of sp³-hybridized carbons (Fsp3) is 0.500. The minimum absolute atomic E-state index is 0.466. The van der Waals surface area contributed by atoms with E-state index in [4.69, 9.17) is 5.73 Å². The topological polar surface area (TPSA) is 30.9 Å². The summed E-state index contributed by atoms with van der Waals surface area (Å²) in [6.07, 6.45) is 0. The van der Waals surface area contributed by atoms with Crippen molar-refractivity contribution in [2.75, 3.05) is 0 Å². The molecule has 19 heavy (non-hydrogen) atoms. The molecule has 1 aromatic carbocycles. The number of para-hydroxylation sites is 1. The largest absolute Gasteiger partial charge is 0.341 e. The maximum absolute atomic E-state index is 5.90. The Kier molecular flexibility index (Phi) is 4.58. The molecule has 0 atom stereocenters. The molecule has 0 amide bonds. The quantitative estimate of drug-likeness (QED) is 0.881. The molecule has 2 rings (SSSR count). The molecule has 3 heteroatoms. The van der Waals surface area contributed by atoms with E-state index in [0.29, 0.717) is 17.8 Å². The van der Waals surface area contributed by atoms with Crippen LogP contribution in [0, 0.1) is 0 Å². The van der Waals surface area contributed by atoms with E-state index >= 15 is 0 Å². The van der Waals surface area contributed by atoms with Crippen LogP contribution >= 0.6 is 11.8 Å². The number of fused-ring (bicyclic) bond motifs is 1. The predicted molar refractivity (Wildman–Crippen MR) is 86.6 cm³/mol. The van der Waals surface area contributed by atoms with Gasteiger partial charge >= 0.3 is 0 Å². The summed E-state index contributed by atoms with van der Waals surface area (Å²) >= 11 is 1.99. The van der Waals surface area contributed by atoms with Gasteiger partial charge < -0.3 is 10.3 Å². The summed E-state index contributed by atoms with van der Waals surface area (Å²) in [4.78, 5) is 0. The van der Waals surface area contributed by atoms with Gasteiger partial charge in [-0.25, -0.2) is 0 Å². The van der Waals surface area contributed by atoms with Crippen LogP contribution in [-0.2, 0) is 12.3 Å². The molecule has 0 radical (unpaired) electrons. The number of hydrogen-bond donors (Lipinski definition) is 1. The first-order valence-corrected chi connectivity index (χ1v) is 8.02. The first-order valence-electron chi connectivity index (χ1n) is 6.98. The molecule has 0 bridgehead atoms. The van der Waals surface area contributed by atoms with E-state index in [9.17, 15) is 0 Å². The van der Waals surface area contributed by atoms with Crippen molar-refractivity contribution in [3.63, 3.8) is 0 Å². The van der Waals surface area contributed by atoms with Crippen molar-refractivity contribution in [3.05, 3.63) is 35.5 Å². The molecule has 0 saturated heterocycles. The molecule has 2 N–H and O–H groups in total. The van der Waals surface area contributed by atoms with E-state index in [0.717, 1.165) is 5.75 Å². The van der Waals surface area contributed by atoms with Crippen LogP contribution in [0.25, 0.3) is 10.9 Å². The minimum Gasteiger partial charge on any atom is -0.341 e. The summed E-state index contributed by atoms with van der Waals surface area (Å²) in [6.45, 7) is 9.59. The maximum atomic E-state index is 5.90. The molecule has 1 aromatic heterocycles. The van der Waals surface area contributed by atoms with Crippen molar-refractivity contribution in [1.29, 1.82) is 0 Å². The highest BCUT2D eigenvalue weighted by Crippen LogP contribution is 2.30. The van der Waals surface area contributed by atoms with Gasteiger partial charge in [-0.2, -0.15) is 11.8 Å². The van der Waals surface area contributed by atoms with E-state index < -0.39 is 0 Å². The average Bonchev–Trinajstić information content (AvgIpc) is 2.74. The second-order valence-corrected chi connectivity index (χ2v) is 7.08. The Morgan fingerprint density at radius 2 is 1.95 bits per heavy atom. The number of thioether (sulfide) groups is 1. The number of nitrogens with zero attached hydrogens (tertiary/aromatic N) is 1. The summed E-state index contributed by atoms with van der Waals surface area (Å²) < 4.78 is 2.45. The zero-order valence-corrected chi connectivity index (χ0v) is 13.1. The van der Waals surface area contributed by atoms with Crippen LogP contribution in [0.15, 0.2) is 24.3 Å². The lowest BCUT2D eigenvalue weighted by Crippen LogP contribution is -2.08. The monoisotopic (exact) mass is 276 g/mol. The van der Waals surface area contributed by atoms with Crippen LogP contribution in [0.1, 0.15) is 45.0 Å². The van der Waals surface area contributed by atoms with Gasteiger partial charge in [-0.1, -0.05) is 32.0 Å². The van der Waals surface area contributed by atoms with Crippen LogP contribution in [0.4, 0.5) is 0 Å². The van der Waals surface area contributed by atoms with Gasteiger partial charge in [0.05, 0.1) is 5.52 Å². The highest BCUT2D eigenvalue weighted by molar-refractivity contribution is 7.99. The van der Waals surface area contributed by atoms with Gasteiger partial charge in [0.2, 0.25) is 0 Å². The molecule has 0 unspecified atom stereocenters. The van der Waals surface area contributed by atoms with Crippen molar-refractivity contribution in [2.24, 2.45) is 5.73 Å². The highest BCUT2D eigenvalue weighted by Gasteiger charge is 2.14. The minimum atomic E-state index is 0.466. The summed E-state index contributed by atoms with van der Waals surface area (Å²) in [5.41, 5.74) is 9.87. The summed E-state index contributed by atoms with van der Waals surface area (Å²) in [5.74, 6) is 1.06. The van der Waals surface area contributed by atoms with Crippen molar-refractivity contribution in [2.45, 2.75) is 51.3 Å². The molecular formula is C16H24N2S. The SMILES string of the molecule is CC(C)SCc1cc2cccc(CN)c2n1C(C)C. The lowest BCUT2D eigenvalue weighted by atomic mass is 10.1. The number of hydrogen-bond acceptors (Lipinski definition) is 2. The molecule has 0 aliphatic heterocycles. The third-order valence-corrected chi connectivity index (χ3v) is 4.45. The molecule has 2 aromatic rings. The molecule has 1 heterocycles. The van der Waals surface area contributed by atoms with Gasteiger partial charge in [0.15, 0.2) is 0 Å². The van der Waals surface area contributed by atoms with Crippen molar-refractivity contribution < 1.29 is 0 Å². The van der Waals surface area contributed by atoms with Gasteiger partial charge in [0.1, 0.15) is 0 Å². The maximum Gasteiger partial charge on any atom is 0.0530 e. The Hall–Kier alpha value is -0.930. The van der Waals surface area contributed by atoms with Crippen molar-refractivity contribution in [3.8, 4) is 0 Å². The number of aromatic nitrogens is 1. The van der Waals surface area contributed by atoms with E-state index in [1.54, 1.807) is 0 Å². The van der Waals surface area contributed by atoms with Gasteiger partial charge in [0, 0.05) is 29.4 Å². The lowest BCUT2D eigenvalue weighted by molar-refractivity contribution is 0.604. The molecule has 0 spiro atoms. The molecule has 104 valence electrons. The molecule has 0 saturated carbocycles. The van der Waals surface area contributed by atoms with E-state index in [1.807, 2.05) is 11.8 Å². The van der Waals surface area contributed by atoms with Gasteiger partial charge in [-0.15, -0.1) is 0 Å². The van der Waals surface area contributed by atoms with Crippen LogP contribution in [0.5, 0.6) is 0 Å². The molecule has 0 fully saturated rings. The normalized spacial score (nSPS) is 11.9. The first kappa shape index (κ1) is 14.5. The second-order valence-electron chi connectivity index (χ2n) is 5.52. The third-order valence-electron chi connectivity index (χ3n) is 3.32.